The van der Waals surface area contributed by atoms with Crippen LogP contribution in [-0.4, -0.2) is 38.0 Å². The molecule has 2 aliphatic rings. The Bertz CT molecular complexity index is 215. The van der Waals surface area contributed by atoms with Gasteiger partial charge in [0.2, 0.25) is 0 Å². The number of hydrogen-bond donors (Lipinski definition) is 1. The van der Waals surface area contributed by atoms with E-state index in [9.17, 15) is 0 Å². The molecule has 2 heterocycles. The highest BCUT2D eigenvalue weighted by molar-refractivity contribution is 4.96. The topological polar surface area (TPSA) is 30.5 Å². The number of hydrogen-bond acceptors (Lipinski definition) is 3. The maximum atomic E-state index is 5.59. The average molecular weight is 199 g/mol. The van der Waals surface area contributed by atoms with Gasteiger partial charge in [0.15, 0.2) is 0 Å². The lowest BCUT2D eigenvalue weighted by Crippen LogP contribution is -2.55. The molecule has 0 spiro atoms. The summed E-state index contributed by atoms with van der Waals surface area (Å²) in [7, 11) is 0. The first-order valence-electron chi connectivity index (χ1n) is 5.49. The normalized spacial score (nSPS) is 40.9. The van der Waals surface area contributed by atoms with E-state index in [-0.39, 0.29) is 5.54 Å². The minimum Gasteiger partial charge on any atom is -0.380 e. The van der Waals surface area contributed by atoms with Crippen LogP contribution >= 0.6 is 0 Å². The van der Waals surface area contributed by atoms with Crippen molar-refractivity contribution in [1.82, 2.24) is 5.32 Å². The average Bonchev–Trinajstić information content (AvgIpc) is 2.42. The Morgan fingerprint density at radius 3 is 2.50 bits per heavy atom. The second-order valence-electron chi connectivity index (χ2n) is 5.34. The lowest BCUT2D eigenvalue weighted by atomic mass is 9.86. The summed E-state index contributed by atoms with van der Waals surface area (Å²) >= 11 is 0. The molecule has 0 bridgehead atoms. The van der Waals surface area contributed by atoms with Crippen molar-refractivity contribution >= 4 is 0 Å². The molecule has 0 aliphatic carbocycles. The number of ether oxygens (including phenoxy) is 2. The fourth-order valence-electron chi connectivity index (χ4n) is 2.03. The van der Waals surface area contributed by atoms with E-state index in [1.165, 1.54) is 0 Å². The zero-order chi connectivity index (χ0) is 10.2. The number of rotatable bonds is 3. The van der Waals surface area contributed by atoms with Crippen molar-refractivity contribution in [2.75, 3.05) is 26.4 Å². The van der Waals surface area contributed by atoms with Crippen LogP contribution in [-0.2, 0) is 9.47 Å². The summed E-state index contributed by atoms with van der Waals surface area (Å²) in [5, 5.41) is 3.65. The predicted octanol–water partition coefficient (Wildman–Crippen LogP) is 1.18. The molecule has 82 valence electrons. The van der Waals surface area contributed by atoms with E-state index in [0.29, 0.717) is 11.5 Å². The SMILES string of the molecule is CC1OCCC1(C)NCC1(C)COC1. The molecule has 0 aromatic heterocycles. The second kappa shape index (κ2) is 3.47. The van der Waals surface area contributed by atoms with E-state index >= 15 is 0 Å². The third kappa shape index (κ3) is 1.81. The van der Waals surface area contributed by atoms with Gasteiger partial charge in [-0.25, -0.2) is 0 Å². The zero-order valence-electron chi connectivity index (χ0n) is 9.43. The van der Waals surface area contributed by atoms with E-state index in [0.717, 1.165) is 32.8 Å². The molecule has 2 rings (SSSR count). The molecule has 14 heavy (non-hydrogen) atoms. The Morgan fingerprint density at radius 1 is 1.36 bits per heavy atom. The first-order valence-corrected chi connectivity index (χ1v) is 5.49. The van der Waals surface area contributed by atoms with E-state index in [1.807, 2.05) is 0 Å². The predicted molar refractivity (Wildman–Crippen MR) is 55.4 cm³/mol. The molecule has 0 saturated carbocycles. The third-order valence-electron chi connectivity index (χ3n) is 3.71. The van der Waals surface area contributed by atoms with Crippen LogP contribution in [0.4, 0.5) is 0 Å². The molecule has 1 N–H and O–H groups in total. The highest BCUT2D eigenvalue weighted by Crippen LogP contribution is 2.29. The van der Waals surface area contributed by atoms with E-state index in [1.54, 1.807) is 0 Å². The van der Waals surface area contributed by atoms with Crippen molar-refractivity contribution in [1.29, 1.82) is 0 Å². The van der Waals surface area contributed by atoms with Gasteiger partial charge in [-0.3, -0.25) is 0 Å². The van der Waals surface area contributed by atoms with Crippen molar-refractivity contribution in [2.45, 2.75) is 38.8 Å². The van der Waals surface area contributed by atoms with Crippen LogP contribution in [0.2, 0.25) is 0 Å². The standard InChI is InChI=1S/C11H21NO2/c1-9-11(3,4-5-14-9)12-6-10(2)7-13-8-10/h9,12H,4-8H2,1-3H3. The molecule has 3 nitrogen and oxygen atoms in total. The summed E-state index contributed by atoms with van der Waals surface area (Å²) in [4.78, 5) is 0. The quantitative estimate of drug-likeness (QED) is 0.740. The van der Waals surface area contributed by atoms with Gasteiger partial charge >= 0.3 is 0 Å². The fraction of sp³-hybridized carbons (Fsp3) is 1.00. The van der Waals surface area contributed by atoms with Gasteiger partial charge in [0.25, 0.3) is 0 Å². The van der Waals surface area contributed by atoms with E-state index in [2.05, 4.69) is 26.1 Å². The molecule has 2 saturated heterocycles. The van der Waals surface area contributed by atoms with Crippen LogP contribution in [0.5, 0.6) is 0 Å². The molecular formula is C11H21NO2. The molecule has 2 unspecified atom stereocenters. The van der Waals surface area contributed by atoms with Crippen molar-refractivity contribution in [3.8, 4) is 0 Å². The van der Waals surface area contributed by atoms with Gasteiger partial charge in [-0.15, -0.1) is 0 Å². The van der Waals surface area contributed by atoms with Crippen LogP contribution in [0.3, 0.4) is 0 Å². The third-order valence-corrected chi connectivity index (χ3v) is 3.71. The Morgan fingerprint density at radius 2 is 2.07 bits per heavy atom. The second-order valence-corrected chi connectivity index (χ2v) is 5.34. The van der Waals surface area contributed by atoms with Crippen molar-refractivity contribution < 1.29 is 9.47 Å². The largest absolute Gasteiger partial charge is 0.380 e. The summed E-state index contributed by atoms with van der Waals surface area (Å²) in [5.74, 6) is 0. The fourth-order valence-corrected chi connectivity index (χ4v) is 2.03. The van der Waals surface area contributed by atoms with E-state index < -0.39 is 0 Å². The van der Waals surface area contributed by atoms with Crippen LogP contribution in [0.1, 0.15) is 27.2 Å². The number of nitrogens with one attached hydrogen (secondary N) is 1. The lowest BCUT2D eigenvalue weighted by molar-refractivity contribution is -0.103. The smallest absolute Gasteiger partial charge is 0.0726 e. The Labute approximate surface area is 86.2 Å². The van der Waals surface area contributed by atoms with Gasteiger partial charge in [-0.05, 0) is 20.3 Å². The molecule has 0 amide bonds. The minimum atomic E-state index is 0.165. The molecule has 2 atom stereocenters. The van der Waals surface area contributed by atoms with Crippen molar-refractivity contribution in [2.24, 2.45) is 5.41 Å². The van der Waals surface area contributed by atoms with Gasteiger partial charge in [0.1, 0.15) is 0 Å². The molecule has 2 fully saturated rings. The zero-order valence-corrected chi connectivity index (χ0v) is 9.43. The van der Waals surface area contributed by atoms with Crippen molar-refractivity contribution in [3.63, 3.8) is 0 Å². The lowest BCUT2D eigenvalue weighted by Gasteiger charge is -2.41. The maximum absolute atomic E-state index is 5.59. The molecule has 0 aromatic carbocycles. The summed E-state index contributed by atoms with van der Waals surface area (Å²) < 4.78 is 10.8. The monoisotopic (exact) mass is 199 g/mol. The van der Waals surface area contributed by atoms with Crippen LogP contribution < -0.4 is 5.32 Å². The summed E-state index contributed by atoms with van der Waals surface area (Å²) in [6.07, 6.45) is 1.44. The summed E-state index contributed by atoms with van der Waals surface area (Å²) in [5.41, 5.74) is 0.518. The Hall–Kier alpha value is -0.120. The molecule has 0 aromatic rings. The molecule has 0 radical (unpaired) electrons. The highest BCUT2D eigenvalue weighted by Gasteiger charge is 2.40. The van der Waals surface area contributed by atoms with Gasteiger partial charge in [0.05, 0.1) is 19.3 Å². The summed E-state index contributed by atoms with van der Waals surface area (Å²) in [6.45, 7) is 10.4. The molecule has 3 heteroatoms. The van der Waals surface area contributed by atoms with Crippen LogP contribution in [0, 0.1) is 5.41 Å². The van der Waals surface area contributed by atoms with Gasteiger partial charge < -0.3 is 14.8 Å². The van der Waals surface area contributed by atoms with Crippen LogP contribution in [0.15, 0.2) is 0 Å². The minimum absolute atomic E-state index is 0.165. The van der Waals surface area contributed by atoms with Gasteiger partial charge in [-0.1, -0.05) is 6.92 Å². The maximum Gasteiger partial charge on any atom is 0.0726 e. The molecule has 2 aliphatic heterocycles. The van der Waals surface area contributed by atoms with Crippen molar-refractivity contribution in [3.05, 3.63) is 0 Å². The summed E-state index contributed by atoms with van der Waals surface area (Å²) in [6, 6.07) is 0. The highest BCUT2D eigenvalue weighted by atomic mass is 16.5. The van der Waals surface area contributed by atoms with Gasteiger partial charge in [0, 0.05) is 24.1 Å². The van der Waals surface area contributed by atoms with Gasteiger partial charge in [-0.2, -0.15) is 0 Å². The van der Waals surface area contributed by atoms with E-state index in [4.69, 9.17) is 9.47 Å². The first kappa shape index (κ1) is 10.4. The first-order chi connectivity index (χ1) is 6.54. The Balaban J connectivity index is 1.84. The molecular weight excluding hydrogens is 178 g/mol. The van der Waals surface area contributed by atoms with Crippen LogP contribution in [0.25, 0.3) is 0 Å². The Kier molecular flexibility index (Phi) is 2.58.